The second-order valence-corrected chi connectivity index (χ2v) is 4.90. The molecule has 0 bridgehead atoms. The summed E-state index contributed by atoms with van der Waals surface area (Å²) in [5.74, 6) is 0. The molecule has 1 atom stereocenters. The number of rotatable bonds is 0. The molecule has 0 amide bonds. The van der Waals surface area contributed by atoms with Crippen molar-refractivity contribution in [3.63, 3.8) is 0 Å². The van der Waals surface area contributed by atoms with Gasteiger partial charge < -0.3 is 5.73 Å². The predicted molar refractivity (Wildman–Crippen MR) is 52.0 cm³/mol. The van der Waals surface area contributed by atoms with Crippen molar-refractivity contribution in [1.29, 1.82) is 0 Å². The number of hydrogen-bond donors (Lipinski definition) is 1. The molecule has 70 valence electrons. The molecule has 2 rings (SSSR count). The van der Waals surface area contributed by atoms with E-state index in [1.165, 1.54) is 57.8 Å². The molecule has 0 aromatic heterocycles. The van der Waals surface area contributed by atoms with Gasteiger partial charge in [-0.25, -0.2) is 0 Å². The van der Waals surface area contributed by atoms with Gasteiger partial charge in [0.15, 0.2) is 0 Å². The van der Waals surface area contributed by atoms with E-state index in [-0.39, 0.29) is 0 Å². The van der Waals surface area contributed by atoms with Crippen molar-refractivity contribution in [3.05, 3.63) is 0 Å². The van der Waals surface area contributed by atoms with E-state index in [9.17, 15) is 0 Å². The first-order valence-electron chi connectivity index (χ1n) is 5.56. The third-order valence-electron chi connectivity index (χ3n) is 3.99. The molecule has 0 radical (unpaired) electrons. The van der Waals surface area contributed by atoms with Crippen molar-refractivity contribution in [1.82, 2.24) is 0 Å². The lowest BCUT2D eigenvalue weighted by atomic mass is 9.79. The molecule has 12 heavy (non-hydrogen) atoms. The van der Waals surface area contributed by atoms with E-state index >= 15 is 0 Å². The Kier molecular flexibility index (Phi) is 2.40. The molecule has 0 aromatic carbocycles. The molecule has 1 nitrogen and oxygen atoms in total. The Morgan fingerprint density at radius 3 is 2.25 bits per heavy atom. The van der Waals surface area contributed by atoms with Crippen LogP contribution in [0.2, 0.25) is 0 Å². The van der Waals surface area contributed by atoms with Gasteiger partial charge in [-0.2, -0.15) is 0 Å². The molecular weight excluding hydrogens is 146 g/mol. The SMILES string of the molecule is NC1CCCC2(CCCC2)CC1. The molecule has 0 aromatic rings. The van der Waals surface area contributed by atoms with Gasteiger partial charge in [0, 0.05) is 6.04 Å². The van der Waals surface area contributed by atoms with Crippen LogP contribution < -0.4 is 5.73 Å². The number of nitrogens with two attached hydrogens (primary N) is 1. The molecular formula is C11H21N. The molecule has 2 saturated carbocycles. The van der Waals surface area contributed by atoms with Gasteiger partial charge in [0.1, 0.15) is 0 Å². The quantitative estimate of drug-likeness (QED) is 0.590. The average molecular weight is 167 g/mol. The maximum atomic E-state index is 5.99. The van der Waals surface area contributed by atoms with Crippen LogP contribution in [-0.2, 0) is 0 Å². The van der Waals surface area contributed by atoms with Gasteiger partial charge in [-0.3, -0.25) is 0 Å². The van der Waals surface area contributed by atoms with Crippen LogP contribution in [0.4, 0.5) is 0 Å². The van der Waals surface area contributed by atoms with Crippen molar-refractivity contribution in [2.75, 3.05) is 0 Å². The maximum absolute atomic E-state index is 5.99. The highest BCUT2D eigenvalue weighted by molar-refractivity contribution is 4.88. The monoisotopic (exact) mass is 167 g/mol. The van der Waals surface area contributed by atoms with Crippen LogP contribution in [0.1, 0.15) is 57.8 Å². The molecule has 2 N–H and O–H groups in total. The van der Waals surface area contributed by atoms with Gasteiger partial charge in [0.05, 0.1) is 0 Å². The molecule has 2 fully saturated rings. The van der Waals surface area contributed by atoms with Crippen LogP contribution in [0.15, 0.2) is 0 Å². The minimum absolute atomic E-state index is 0.518. The van der Waals surface area contributed by atoms with Gasteiger partial charge in [0.2, 0.25) is 0 Å². The van der Waals surface area contributed by atoms with Gasteiger partial charge in [0.25, 0.3) is 0 Å². The van der Waals surface area contributed by atoms with Crippen molar-refractivity contribution < 1.29 is 0 Å². The topological polar surface area (TPSA) is 26.0 Å². The minimum Gasteiger partial charge on any atom is -0.328 e. The van der Waals surface area contributed by atoms with Crippen LogP contribution >= 0.6 is 0 Å². The molecule has 1 spiro atoms. The maximum Gasteiger partial charge on any atom is 0.00390 e. The Morgan fingerprint density at radius 1 is 0.833 bits per heavy atom. The fourth-order valence-corrected chi connectivity index (χ4v) is 3.13. The van der Waals surface area contributed by atoms with Gasteiger partial charge in [-0.1, -0.05) is 19.3 Å². The summed E-state index contributed by atoms with van der Waals surface area (Å²) in [6, 6.07) is 0.518. The Bertz CT molecular complexity index is 147. The van der Waals surface area contributed by atoms with Crippen LogP contribution in [-0.4, -0.2) is 6.04 Å². The van der Waals surface area contributed by atoms with E-state index in [2.05, 4.69) is 0 Å². The van der Waals surface area contributed by atoms with E-state index < -0.39 is 0 Å². The summed E-state index contributed by atoms with van der Waals surface area (Å²) in [5, 5.41) is 0. The van der Waals surface area contributed by atoms with Crippen LogP contribution in [0.25, 0.3) is 0 Å². The fourth-order valence-electron chi connectivity index (χ4n) is 3.13. The Morgan fingerprint density at radius 2 is 1.50 bits per heavy atom. The lowest BCUT2D eigenvalue weighted by Crippen LogP contribution is -2.20. The molecule has 0 saturated heterocycles. The standard InChI is InChI=1S/C11H21N/c12-10-4-3-8-11(9-5-10)6-1-2-7-11/h10H,1-9,12H2. The first-order chi connectivity index (χ1) is 5.81. The third kappa shape index (κ3) is 1.66. The zero-order valence-corrected chi connectivity index (χ0v) is 8.02. The summed E-state index contributed by atoms with van der Waals surface area (Å²) in [5.41, 5.74) is 6.74. The van der Waals surface area contributed by atoms with Gasteiger partial charge in [-0.05, 0) is 43.9 Å². The second kappa shape index (κ2) is 3.37. The normalized spacial score (nSPS) is 35.2. The fraction of sp³-hybridized carbons (Fsp3) is 1.00. The van der Waals surface area contributed by atoms with Crippen molar-refractivity contribution >= 4 is 0 Å². The first kappa shape index (κ1) is 8.55. The Labute approximate surface area is 75.7 Å². The summed E-state index contributed by atoms with van der Waals surface area (Å²) in [6.45, 7) is 0. The molecule has 2 aliphatic rings. The highest BCUT2D eigenvalue weighted by Gasteiger charge is 2.34. The van der Waals surface area contributed by atoms with E-state index in [1.807, 2.05) is 0 Å². The van der Waals surface area contributed by atoms with Crippen molar-refractivity contribution in [2.45, 2.75) is 63.8 Å². The third-order valence-corrected chi connectivity index (χ3v) is 3.99. The minimum atomic E-state index is 0.518. The van der Waals surface area contributed by atoms with E-state index in [0.29, 0.717) is 6.04 Å². The van der Waals surface area contributed by atoms with Gasteiger partial charge in [-0.15, -0.1) is 0 Å². The lowest BCUT2D eigenvalue weighted by molar-refractivity contribution is 0.252. The zero-order valence-electron chi connectivity index (χ0n) is 8.02. The number of hydrogen-bond acceptors (Lipinski definition) is 1. The molecule has 1 unspecified atom stereocenters. The Hall–Kier alpha value is -0.0400. The van der Waals surface area contributed by atoms with Crippen LogP contribution in [0.5, 0.6) is 0 Å². The predicted octanol–water partition coefficient (Wildman–Crippen LogP) is 2.84. The smallest absolute Gasteiger partial charge is 0.00390 e. The van der Waals surface area contributed by atoms with Crippen LogP contribution in [0.3, 0.4) is 0 Å². The highest BCUT2D eigenvalue weighted by atomic mass is 14.6. The van der Waals surface area contributed by atoms with Gasteiger partial charge >= 0.3 is 0 Å². The average Bonchev–Trinajstić information content (AvgIpc) is 2.42. The summed E-state index contributed by atoms with van der Waals surface area (Å²) in [6.07, 6.45) is 12.8. The first-order valence-corrected chi connectivity index (χ1v) is 5.56. The van der Waals surface area contributed by atoms with E-state index in [0.717, 1.165) is 5.41 Å². The summed E-state index contributed by atoms with van der Waals surface area (Å²) in [7, 11) is 0. The summed E-state index contributed by atoms with van der Waals surface area (Å²) in [4.78, 5) is 0. The largest absolute Gasteiger partial charge is 0.328 e. The van der Waals surface area contributed by atoms with E-state index in [4.69, 9.17) is 5.73 Å². The van der Waals surface area contributed by atoms with Crippen molar-refractivity contribution in [2.24, 2.45) is 11.1 Å². The lowest BCUT2D eigenvalue weighted by Gasteiger charge is -2.26. The zero-order chi connectivity index (χ0) is 8.44. The van der Waals surface area contributed by atoms with Crippen molar-refractivity contribution in [3.8, 4) is 0 Å². The Balaban J connectivity index is 1.97. The summed E-state index contributed by atoms with van der Waals surface area (Å²) >= 11 is 0. The molecule has 0 heterocycles. The molecule has 0 aliphatic heterocycles. The molecule has 2 aliphatic carbocycles. The van der Waals surface area contributed by atoms with Crippen LogP contribution in [0, 0.1) is 5.41 Å². The summed E-state index contributed by atoms with van der Waals surface area (Å²) < 4.78 is 0. The highest BCUT2D eigenvalue weighted by Crippen LogP contribution is 2.47. The molecule has 1 heteroatoms. The second-order valence-electron chi connectivity index (χ2n) is 4.90. The van der Waals surface area contributed by atoms with E-state index in [1.54, 1.807) is 0 Å².